The van der Waals surface area contributed by atoms with Crippen LogP contribution in [0, 0.1) is 0 Å². The van der Waals surface area contributed by atoms with Gasteiger partial charge in [-0.3, -0.25) is 9.59 Å². The quantitative estimate of drug-likeness (QED) is 0.637. The molecule has 2 aromatic carbocycles. The lowest BCUT2D eigenvalue weighted by molar-refractivity contribution is -0.128. The lowest BCUT2D eigenvalue weighted by Crippen LogP contribution is -2.22. The molecule has 0 spiro atoms. The van der Waals surface area contributed by atoms with E-state index < -0.39 is 0 Å². The van der Waals surface area contributed by atoms with Crippen LogP contribution in [0.25, 0.3) is 0 Å². The third kappa shape index (κ3) is 7.86. The van der Waals surface area contributed by atoms with Crippen LogP contribution in [-0.4, -0.2) is 43.5 Å². The van der Waals surface area contributed by atoms with E-state index in [2.05, 4.69) is 17.6 Å². The van der Waals surface area contributed by atoms with Crippen molar-refractivity contribution in [1.29, 1.82) is 0 Å². The zero-order chi connectivity index (χ0) is 21.2. The molecule has 0 aliphatic heterocycles. The molecule has 0 bridgehead atoms. The van der Waals surface area contributed by atoms with Crippen molar-refractivity contribution < 1.29 is 14.3 Å². The average Bonchev–Trinajstić information content (AvgIpc) is 2.71. The van der Waals surface area contributed by atoms with Gasteiger partial charge in [0.15, 0.2) is 0 Å². The minimum absolute atomic E-state index is 0.113. The number of hydrogen-bond donors (Lipinski definition) is 2. The molecule has 156 valence electrons. The normalized spacial score (nSPS) is 11.4. The smallest absolute Gasteiger partial charge is 0.243 e. The summed E-state index contributed by atoms with van der Waals surface area (Å²) >= 11 is 0. The maximum absolute atomic E-state index is 12.2. The molecule has 2 aromatic rings. The fourth-order valence-electron chi connectivity index (χ4n) is 2.61. The molecule has 29 heavy (non-hydrogen) atoms. The molecule has 6 heteroatoms. The van der Waals surface area contributed by atoms with Crippen LogP contribution in [0.1, 0.15) is 32.3 Å². The van der Waals surface area contributed by atoms with E-state index in [4.69, 9.17) is 4.74 Å². The van der Waals surface area contributed by atoms with Gasteiger partial charge in [0.05, 0.1) is 12.6 Å². The van der Waals surface area contributed by atoms with Gasteiger partial charge in [-0.1, -0.05) is 25.1 Å². The van der Waals surface area contributed by atoms with Crippen LogP contribution in [0.4, 0.5) is 11.4 Å². The van der Waals surface area contributed by atoms with Crippen molar-refractivity contribution in [3.8, 4) is 5.75 Å². The second-order valence-corrected chi connectivity index (χ2v) is 7.25. The largest absolute Gasteiger partial charge is 0.491 e. The number of ether oxygens (including phenoxy) is 1. The molecule has 2 N–H and O–H groups in total. The van der Waals surface area contributed by atoms with Gasteiger partial charge in [0.2, 0.25) is 11.8 Å². The Labute approximate surface area is 173 Å². The fraction of sp³-hybridized carbons (Fsp3) is 0.391. The van der Waals surface area contributed by atoms with Crippen LogP contribution >= 0.6 is 0 Å². The number of rotatable bonds is 10. The number of aryl methyl sites for hydroxylation is 1. The summed E-state index contributed by atoms with van der Waals surface area (Å²) < 4.78 is 5.78. The molecular weight excluding hydrogens is 366 g/mol. The highest BCUT2D eigenvalue weighted by molar-refractivity contribution is 5.93. The Morgan fingerprint density at radius 2 is 1.79 bits per heavy atom. The van der Waals surface area contributed by atoms with Crippen LogP contribution in [0.2, 0.25) is 0 Å². The molecule has 0 aliphatic carbocycles. The monoisotopic (exact) mass is 397 g/mol. The number of carbonyl (C=O) groups excluding carboxylic acids is 2. The number of amides is 2. The number of hydrogen-bond acceptors (Lipinski definition) is 4. The van der Waals surface area contributed by atoms with E-state index in [-0.39, 0.29) is 24.5 Å². The molecule has 0 aromatic heterocycles. The second kappa shape index (κ2) is 11.1. The van der Waals surface area contributed by atoms with Gasteiger partial charge in [0.25, 0.3) is 0 Å². The van der Waals surface area contributed by atoms with E-state index in [1.807, 2.05) is 55.5 Å². The van der Waals surface area contributed by atoms with Crippen LogP contribution in [0.15, 0.2) is 48.5 Å². The van der Waals surface area contributed by atoms with Crippen molar-refractivity contribution in [1.82, 2.24) is 4.90 Å². The number of anilines is 2. The number of nitrogens with one attached hydrogen (secondary N) is 2. The molecule has 0 radical (unpaired) electrons. The van der Waals surface area contributed by atoms with Gasteiger partial charge in [0.1, 0.15) is 5.75 Å². The van der Waals surface area contributed by atoms with Gasteiger partial charge in [-0.2, -0.15) is 0 Å². The van der Waals surface area contributed by atoms with Crippen molar-refractivity contribution in [2.24, 2.45) is 0 Å². The van der Waals surface area contributed by atoms with Crippen molar-refractivity contribution >= 4 is 23.2 Å². The summed E-state index contributed by atoms with van der Waals surface area (Å²) in [7, 11) is 3.52. The highest BCUT2D eigenvalue weighted by Gasteiger charge is 2.07. The van der Waals surface area contributed by atoms with Gasteiger partial charge in [-0.05, 0) is 49.6 Å². The molecule has 0 fully saturated rings. The van der Waals surface area contributed by atoms with Gasteiger partial charge in [-0.25, -0.2) is 0 Å². The highest BCUT2D eigenvalue weighted by Crippen LogP contribution is 2.19. The Kier molecular flexibility index (Phi) is 8.52. The molecule has 2 amide bonds. The number of benzene rings is 2. The molecule has 0 saturated heterocycles. The predicted octanol–water partition coefficient (Wildman–Crippen LogP) is 3.94. The van der Waals surface area contributed by atoms with E-state index in [1.54, 1.807) is 19.0 Å². The van der Waals surface area contributed by atoms with E-state index in [0.717, 1.165) is 23.4 Å². The Bertz CT molecular complexity index is 803. The maximum Gasteiger partial charge on any atom is 0.243 e. The third-order valence-electron chi connectivity index (χ3n) is 4.56. The predicted molar refractivity (Wildman–Crippen MR) is 117 cm³/mol. The molecule has 0 saturated carbocycles. The number of carbonyl (C=O) groups is 2. The summed E-state index contributed by atoms with van der Waals surface area (Å²) in [6.45, 7) is 4.24. The van der Waals surface area contributed by atoms with Crippen LogP contribution in [-0.2, 0) is 16.0 Å². The van der Waals surface area contributed by atoms with Gasteiger partial charge in [-0.15, -0.1) is 0 Å². The van der Waals surface area contributed by atoms with E-state index in [9.17, 15) is 9.59 Å². The van der Waals surface area contributed by atoms with Crippen LogP contribution < -0.4 is 15.4 Å². The standard InChI is InChI=1S/C23H31N3O3/c1-5-17(2)29-21-8-6-7-20(15-21)25-22(27)16-24-19-12-9-18(10-13-19)11-14-23(28)26(3)4/h6-10,12-13,15,17,24H,5,11,14,16H2,1-4H3,(H,25,27). The first kappa shape index (κ1) is 22.3. The van der Waals surface area contributed by atoms with Crippen LogP contribution in [0.5, 0.6) is 5.75 Å². The minimum Gasteiger partial charge on any atom is -0.491 e. The first-order valence-electron chi connectivity index (χ1n) is 9.97. The minimum atomic E-state index is -0.133. The van der Waals surface area contributed by atoms with Gasteiger partial charge >= 0.3 is 0 Å². The molecule has 1 unspecified atom stereocenters. The molecule has 0 heterocycles. The van der Waals surface area contributed by atoms with Crippen molar-refractivity contribution in [2.45, 2.75) is 39.2 Å². The SMILES string of the molecule is CCC(C)Oc1cccc(NC(=O)CNc2ccc(CCC(=O)N(C)C)cc2)c1. The molecular formula is C23H31N3O3. The Balaban J connectivity index is 1.80. The molecule has 6 nitrogen and oxygen atoms in total. The Morgan fingerprint density at radius 1 is 1.07 bits per heavy atom. The number of nitrogens with zero attached hydrogens (tertiary/aromatic N) is 1. The zero-order valence-electron chi connectivity index (χ0n) is 17.7. The van der Waals surface area contributed by atoms with Crippen LogP contribution in [0.3, 0.4) is 0 Å². The van der Waals surface area contributed by atoms with Gasteiger partial charge < -0.3 is 20.3 Å². The summed E-state index contributed by atoms with van der Waals surface area (Å²) in [5, 5.41) is 5.99. The summed E-state index contributed by atoms with van der Waals surface area (Å²) in [4.78, 5) is 25.5. The van der Waals surface area contributed by atoms with Crippen molar-refractivity contribution in [3.05, 3.63) is 54.1 Å². The lowest BCUT2D eigenvalue weighted by Gasteiger charge is -2.14. The molecule has 1 atom stereocenters. The van der Waals surface area contributed by atoms with E-state index in [1.165, 1.54) is 0 Å². The van der Waals surface area contributed by atoms with Crippen molar-refractivity contribution in [3.63, 3.8) is 0 Å². The Hall–Kier alpha value is -3.02. The zero-order valence-corrected chi connectivity index (χ0v) is 17.7. The summed E-state index contributed by atoms with van der Waals surface area (Å²) in [6, 6.07) is 15.2. The van der Waals surface area contributed by atoms with Gasteiger partial charge in [0, 0.05) is 38.0 Å². The Morgan fingerprint density at radius 3 is 2.45 bits per heavy atom. The summed E-state index contributed by atoms with van der Waals surface area (Å²) in [5.74, 6) is 0.724. The lowest BCUT2D eigenvalue weighted by atomic mass is 10.1. The average molecular weight is 398 g/mol. The van der Waals surface area contributed by atoms with Crippen molar-refractivity contribution in [2.75, 3.05) is 31.3 Å². The first-order valence-corrected chi connectivity index (χ1v) is 9.97. The molecule has 2 rings (SSSR count). The highest BCUT2D eigenvalue weighted by atomic mass is 16.5. The summed E-state index contributed by atoms with van der Waals surface area (Å²) in [5.41, 5.74) is 2.66. The topological polar surface area (TPSA) is 70.7 Å². The summed E-state index contributed by atoms with van der Waals surface area (Å²) in [6.07, 6.45) is 2.24. The first-order chi connectivity index (χ1) is 13.9. The molecule has 0 aliphatic rings. The fourth-order valence-corrected chi connectivity index (χ4v) is 2.61. The second-order valence-electron chi connectivity index (χ2n) is 7.25. The van der Waals surface area contributed by atoms with E-state index >= 15 is 0 Å². The van der Waals surface area contributed by atoms with E-state index in [0.29, 0.717) is 18.5 Å². The maximum atomic E-state index is 12.2. The third-order valence-corrected chi connectivity index (χ3v) is 4.56.